The quantitative estimate of drug-likeness (QED) is 0.390. The van der Waals surface area contributed by atoms with Crippen LogP contribution in [0, 0.1) is 0 Å². The Morgan fingerprint density at radius 2 is 1.42 bits per heavy atom. The van der Waals surface area contributed by atoms with Gasteiger partial charge in [0.15, 0.2) is 0 Å². The first kappa shape index (κ1) is 18.6. The van der Waals surface area contributed by atoms with Gasteiger partial charge in [-0.3, -0.25) is 4.79 Å². The molecule has 1 aliphatic rings. The van der Waals surface area contributed by atoms with Gasteiger partial charge >= 0.3 is 6.18 Å². The summed E-state index contributed by atoms with van der Waals surface area (Å²) in [4.78, 5) is 12.1. The summed E-state index contributed by atoms with van der Waals surface area (Å²) in [5, 5.41) is 50.2. The molecule has 0 heterocycles. The number of carbonyl (C=O) groups excluding carboxylic acids is 1. The van der Waals surface area contributed by atoms with E-state index < -0.39 is 54.2 Å². The standard InChI is InChI=1S/C14H16F3NO6/c15-14(16,17)6-3-1-2-5(4-6)13(24)18-7-8(19)10(21)12(23)11(22)9(7)20/h1-4,7-12,19-23H,(H,18,24)/t7?,8-,9+,10+,11-,12?. The number of aliphatic hydroxyl groups excluding tert-OH is 5. The molecule has 24 heavy (non-hydrogen) atoms. The molecule has 7 nitrogen and oxygen atoms in total. The van der Waals surface area contributed by atoms with Crippen LogP contribution in [0.5, 0.6) is 0 Å². The fourth-order valence-corrected chi connectivity index (χ4v) is 2.48. The average molecular weight is 351 g/mol. The first-order chi connectivity index (χ1) is 11.0. The van der Waals surface area contributed by atoms with Gasteiger partial charge in [-0.2, -0.15) is 13.2 Å². The van der Waals surface area contributed by atoms with E-state index in [1.165, 1.54) is 0 Å². The van der Waals surface area contributed by atoms with Crippen molar-refractivity contribution in [3.05, 3.63) is 35.4 Å². The lowest BCUT2D eigenvalue weighted by atomic mass is 9.83. The maximum absolute atomic E-state index is 12.7. The summed E-state index contributed by atoms with van der Waals surface area (Å²) in [5.74, 6) is -1.06. The minimum atomic E-state index is -4.66. The van der Waals surface area contributed by atoms with Crippen molar-refractivity contribution in [1.82, 2.24) is 5.32 Å². The van der Waals surface area contributed by atoms with Gasteiger partial charge in [0.1, 0.15) is 30.5 Å². The molecular weight excluding hydrogens is 335 g/mol. The third-order valence-corrected chi connectivity index (χ3v) is 3.89. The molecule has 10 heteroatoms. The number of carbonyl (C=O) groups is 1. The summed E-state index contributed by atoms with van der Waals surface area (Å²) in [7, 11) is 0. The van der Waals surface area contributed by atoms with Crippen molar-refractivity contribution >= 4 is 5.91 Å². The van der Waals surface area contributed by atoms with Crippen LogP contribution in [0.1, 0.15) is 15.9 Å². The molecule has 0 aromatic heterocycles. The fourth-order valence-electron chi connectivity index (χ4n) is 2.48. The van der Waals surface area contributed by atoms with Crippen LogP contribution >= 0.6 is 0 Å². The SMILES string of the molecule is O=C(NC1[C@@H](O)[C@H](O)C(O)[C@H](O)[C@H]1O)c1cccc(C(F)(F)F)c1. The van der Waals surface area contributed by atoms with E-state index in [-0.39, 0.29) is 5.56 Å². The summed E-state index contributed by atoms with van der Waals surface area (Å²) >= 11 is 0. The second kappa shape index (κ2) is 6.65. The zero-order valence-corrected chi connectivity index (χ0v) is 12.1. The lowest BCUT2D eigenvalue weighted by Gasteiger charge is -2.42. The van der Waals surface area contributed by atoms with Crippen molar-refractivity contribution in [3.63, 3.8) is 0 Å². The number of hydrogen-bond donors (Lipinski definition) is 6. The van der Waals surface area contributed by atoms with E-state index in [2.05, 4.69) is 5.32 Å². The molecule has 134 valence electrons. The lowest BCUT2D eigenvalue weighted by Crippen LogP contribution is -2.68. The molecule has 1 saturated carbocycles. The second-order valence-electron chi connectivity index (χ2n) is 5.53. The topological polar surface area (TPSA) is 130 Å². The number of benzene rings is 1. The molecule has 1 aromatic carbocycles. The Morgan fingerprint density at radius 3 is 1.92 bits per heavy atom. The summed E-state index contributed by atoms with van der Waals surface area (Å²) in [6.07, 6.45) is -13.8. The van der Waals surface area contributed by atoms with Gasteiger partial charge in [-0.1, -0.05) is 6.07 Å². The Bertz CT molecular complexity index is 594. The molecule has 0 bridgehead atoms. The van der Waals surface area contributed by atoms with Crippen molar-refractivity contribution in [2.75, 3.05) is 0 Å². The van der Waals surface area contributed by atoms with Crippen molar-refractivity contribution in [2.45, 2.75) is 42.7 Å². The highest BCUT2D eigenvalue weighted by Gasteiger charge is 2.48. The molecule has 1 amide bonds. The summed E-state index contributed by atoms with van der Waals surface area (Å²) in [6.45, 7) is 0. The Balaban J connectivity index is 2.20. The zero-order valence-electron chi connectivity index (χ0n) is 12.1. The number of amides is 1. The van der Waals surface area contributed by atoms with Crippen molar-refractivity contribution in [2.24, 2.45) is 0 Å². The van der Waals surface area contributed by atoms with E-state index in [4.69, 9.17) is 0 Å². The summed E-state index contributed by atoms with van der Waals surface area (Å²) < 4.78 is 38.0. The third-order valence-electron chi connectivity index (χ3n) is 3.89. The number of halogens is 3. The molecule has 0 aliphatic heterocycles. The van der Waals surface area contributed by atoms with Crippen LogP contribution in [-0.4, -0.2) is 68.0 Å². The van der Waals surface area contributed by atoms with E-state index in [1.54, 1.807) is 0 Å². The highest BCUT2D eigenvalue weighted by atomic mass is 19.4. The predicted molar refractivity (Wildman–Crippen MR) is 72.7 cm³/mol. The lowest BCUT2D eigenvalue weighted by molar-refractivity contribution is -0.188. The molecule has 6 N–H and O–H groups in total. The molecule has 0 saturated heterocycles. The smallest absolute Gasteiger partial charge is 0.388 e. The monoisotopic (exact) mass is 351 g/mol. The van der Waals surface area contributed by atoms with Gasteiger partial charge in [0.25, 0.3) is 5.91 Å². The van der Waals surface area contributed by atoms with Gasteiger partial charge in [-0.15, -0.1) is 0 Å². The highest BCUT2D eigenvalue weighted by Crippen LogP contribution is 2.29. The van der Waals surface area contributed by atoms with Gasteiger partial charge in [-0.25, -0.2) is 0 Å². The van der Waals surface area contributed by atoms with Gasteiger partial charge < -0.3 is 30.8 Å². The van der Waals surface area contributed by atoms with E-state index in [9.17, 15) is 43.5 Å². The van der Waals surface area contributed by atoms with E-state index in [1.807, 2.05) is 0 Å². The molecule has 1 fully saturated rings. The first-order valence-corrected chi connectivity index (χ1v) is 6.92. The number of alkyl halides is 3. The van der Waals surface area contributed by atoms with Crippen LogP contribution in [0.3, 0.4) is 0 Å². The van der Waals surface area contributed by atoms with Gasteiger partial charge in [-0.05, 0) is 18.2 Å². The van der Waals surface area contributed by atoms with Crippen molar-refractivity contribution in [3.8, 4) is 0 Å². The van der Waals surface area contributed by atoms with Crippen LogP contribution in [0.25, 0.3) is 0 Å². The fraction of sp³-hybridized carbons (Fsp3) is 0.500. The second-order valence-corrected chi connectivity index (χ2v) is 5.53. The van der Waals surface area contributed by atoms with E-state index in [0.29, 0.717) is 6.07 Å². The largest absolute Gasteiger partial charge is 0.416 e. The molecule has 6 atom stereocenters. The third kappa shape index (κ3) is 3.52. The Labute approximate surface area is 134 Å². The molecule has 1 aliphatic carbocycles. The predicted octanol–water partition coefficient (Wildman–Crippen LogP) is -1.38. The van der Waals surface area contributed by atoms with Crippen molar-refractivity contribution < 1.29 is 43.5 Å². The highest BCUT2D eigenvalue weighted by molar-refractivity contribution is 5.94. The molecule has 2 unspecified atom stereocenters. The van der Waals surface area contributed by atoms with Crippen LogP contribution in [0.15, 0.2) is 24.3 Å². The molecule has 0 radical (unpaired) electrons. The number of rotatable bonds is 2. The molecule has 0 spiro atoms. The van der Waals surface area contributed by atoms with Crippen LogP contribution in [-0.2, 0) is 6.18 Å². The maximum atomic E-state index is 12.7. The van der Waals surface area contributed by atoms with Crippen molar-refractivity contribution in [1.29, 1.82) is 0 Å². The maximum Gasteiger partial charge on any atom is 0.416 e. The summed E-state index contributed by atoms with van der Waals surface area (Å²) in [6, 6.07) is 1.87. The van der Waals surface area contributed by atoms with Gasteiger partial charge in [0, 0.05) is 5.56 Å². The van der Waals surface area contributed by atoms with Gasteiger partial charge in [0.05, 0.1) is 11.6 Å². The molecule has 1 aromatic rings. The van der Waals surface area contributed by atoms with Crippen LogP contribution in [0.4, 0.5) is 13.2 Å². The Kier molecular flexibility index (Phi) is 5.16. The number of nitrogens with one attached hydrogen (secondary N) is 1. The Hall–Kier alpha value is -1.72. The van der Waals surface area contributed by atoms with E-state index in [0.717, 1.165) is 18.2 Å². The number of aliphatic hydroxyl groups is 5. The minimum Gasteiger partial charge on any atom is -0.388 e. The Morgan fingerprint density at radius 1 is 0.917 bits per heavy atom. The average Bonchev–Trinajstić information content (AvgIpc) is 2.54. The van der Waals surface area contributed by atoms with Gasteiger partial charge in [0.2, 0.25) is 0 Å². The zero-order chi connectivity index (χ0) is 18.2. The molecule has 2 rings (SSSR count). The normalized spacial score (nSPS) is 34.0. The molecular formula is C14H16F3NO6. The summed E-state index contributed by atoms with van der Waals surface area (Å²) in [5.41, 5.74) is -1.45. The van der Waals surface area contributed by atoms with Crippen LogP contribution < -0.4 is 5.32 Å². The first-order valence-electron chi connectivity index (χ1n) is 6.92. The van der Waals surface area contributed by atoms with E-state index >= 15 is 0 Å². The number of hydrogen-bond acceptors (Lipinski definition) is 6. The van der Waals surface area contributed by atoms with Crippen LogP contribution in [0.2, 0.25) is 0 Å². The minimum absolute atomic E-state index is 0.390.